The van der Waals surface area contributed by atoms with Crippen molar-refractivity contribution in [2.24, 2.45) is 5.92 Å². The number of alkyl halides is 1. The molecule has 42 heavy (non-hydrogen) atoms. The van der Waals surface area contributed by atoms with Crippen molar-refractivity contribution in [3.63, 3.8) is 0 Å². The number of amides is 3. The number of aromatic nitrogens is 1. The van der Waals surface area contributed by atoms with E-state index in [0.29, 0.717) is 12.2 Å². The van der Waals surface area contributed by atoms with Gasteiger partial charge in [0, 0.05) is 41.6 Å². The lowest BCUT2D eigenvalue weighted by Crippen LogP contribution is -2.42. The molecule has 1 saturated carbocycles. The molecular weight excluding hydrogens is 639 g/mol. The Morgan fingerprint density at radius 3 is 2.43 bits per heavy atom. The van der Waals surface area contributed by atoms with Crippen molar-refractivity contribution in [1.82, 2.24) is 15.2 Å². The molecule has 8 heteroatoms. The number of para-hydroxylation sites is 1. The molecule has 1 heterocycles. The van der Waals surface area contributed by atoms with Crippen molar-refractivity contribution in [1.29, 1.82) is 0 Å². The van der Waals surface area contributed by atoms with Gasteiger partial charge in [0.15, 0.2) is 0 Å². The number of rotatable bonds is 14. The number of nitrogens with one attached hydrogen (secondary N) is 2. The second kappa shape index (κ2) is 16.1. The largest absolute Gasteiger partial charge is 0.356 e. The van der Waals surface area contributed by atoms with E-state index >= 15 is 0 Å². The molecule has 3 aromatic rings. The van der Waals surface area contributed by atoms with Crippen molar-refractivity contribution in [3.8, 4) is 0 Å². The maximum Gasteiger partial charge on any atom is 0.268 e. The Hall–Kier alpha value is -2.88. The number of carbonyl (C=O) groups is 3. The van der Waals surface area contributed by atoms with Gasteiger partial charge in [-0.25, -0.2) is 0 Å². The van der Waals surface area contributed by atoms with E-state index in [-0.39, 0.29) is 36.2 Å². The molecule has 4 rings (SSSR count). The minimum absolute atomic E-state index is 0.0147. The fourth-order valence-electron chi connectivity index (χ4n) is 5.92. The Morgan fingerprint density at radius 1 is 0.929 bits per heavy atom. The van der Waals surface area contributed by atoms with Gasteiger partial charge < -0.3 is 20.1 Å². The third-order valence-electron chi connectivity index (χ3n) is 8.38. The highest BCUT2D eigenvalue weighted by molar-refractivity contribution is 14.1. The van der Waals surface area contributed by atoms with E-state index in [1.54, 1.807) is 4.90 Å². The summed E-state index contributed by atoms with van der Waals surface area (Å²) in [5.74, 6) is -0.0628. The predicted molar refractivity (Wildman–Crippen MR) is 179 cm³/mol. The molecule has 2 aromatic carbocycles. The van der Waals surface area contributed by atoms with Gasteiger partial charge in [0.05, 0.1) is 0 Å². The average Bonchev–Trinajstić information content (AvgIpc) is 3.38. The zero-order valence-corrected chi connectivity index (χ0v) is 27.2. The first-order valence-corrected chi connectivity index (χ1v) is 17.1. The molecule has 226 valence electrons. The van der Waals surface area contributed by atoms with Crippen LogP contribution in [0.1, 0.15) is 81.3 Å². The number of aryl methyl sites for hydroxylation is 1. The summed E-state index contributed by atoms with van der Waals surface area (Å²) in [4.78, 5) is 41.7. The standard InChI is InChI=1S/C34H45IN4O3/c1-3-25-12-11-14-29(22-25)38(4-2)32(40)24-39-30-15-8-7-13-27(30)23-31(39)34(42)37-28-18-16-26(17-19-28)33(41)36-21-10-6-5-9-20-35/h7-8,11-15,22-23,26,28H,3-6,9-10,16-21,24H2,1-2H3,(H,36,41)(H,37,42)/t26-,28-. The van der Waals surface area contributed by atoms with Crippen LogP contribution in [0.15, 0.2) is 54.6 Å². The molecule has 0 spiro atoms. The average molecular weight is 685 g/mol. The summed E-state index contributed by atoms with van der Waals surface area (Å²) in [6.07, 6.45) is 8.65. The first-order chi connectivity index (χ1) is 20.4. The summed E-state index contributed by atoms with van der Waals surface area (Å²) >= 11 is 2.40. The van der Waals surface area contributed by atoms with E-state index in [1.807, 2.05) is 54.0 Å². The Morgan fingerprint density at radius 2 is 1.69 bits per heavy atom. The molecule has 0 atom stereocenters. The van der Waals surface area contributed by atoms with Gasteiger partial charge in [-0.2, -0.15) is 0 Å². The summed E-state index contributed by atoms with van der Waals surface area (Å²) in [5.41, 5.74) is 3.41. The number of fused-ring (bicyclic) bond motifs is 1. The van der Waals surface area contributed by atoms with Crippen molar-refractivity contribution in [2.45, 2.75) is 84.2 Å². The van der Waals surface area contributed by atoms with Gasteiger partial charge in [-0.15, -0.1) is 0 Å². The van der Waals surface area contributed by atoms with Crippen LogP contribution in [0.25, 0.3) is 10.9 Å². The van der Waals surface area contributed by atoms with Gasteiger partial charge >= 0.3 is 0 Å². The zero-order valence-electron chi connectivity index (χ0n) is 25.0. The lowest BCUT2D eigenvalue weighted by Gasteiger charge is -2.28. The van der Waals surface area contributed by atoms with Gasteiger partial charge in [0.2, 0.25) is 11.8 Å². The highest BCUT2D eigenvalue weighted by Crippen LogP contribution is 2.26. The molecule has 7 nitrogen and oxygen atoms in total. The van der Waals surface area contributed by atoms with Crippen LogP contribution in [0.5, 0.6) is 0 Å². The highest BCUT2D eigenvalue weighted by Gasteiger charge is 2.28. The van der Waals surface area contributed by atoms with Crippen molar-refractivity contribution in [2.75, 3.05) is 22.4 Å². The zero-order chi connectivity index (χ0) is 29.9. The van der Waals surface area contributed by atoms with Crippen LogP contribution in [-0.2, 0) is 22.6 Å². The number of unbranched alkanes of at least 4 members (excludes halogenated alkanes) is 3. The van der Waals surface area contributed by atoms with Crippen LogP contribution in [0.4, 0.5) is 5.69 Å². The van der Waals surface area contributed by atoms with Crippen LogP contribution in [0, 0.1) is 5.92 Å². The predicted octanol–water partition coefficient (Wildman–Crippen LogP) is 6.66. The van der Waals surface area contributed by atoms with Gasteiger partial charge in [-0.1, -0.05) is 72.7 Å². The van der Waals surface area contributed by atoms with Gasteiger partial charge in [-0.05, 0) is 86.1 Å². The second-order valence-corrected chi connectivity index (χ2v) is 12.3. The third kappa shape index (κ3) is 8.36. The Kier molecular flexibility index (Phi) is 12.3. The molecule has 1 aliphatic rings. The van der Waals surface area contributed by atoms with Crippen LogP contribution in [-0.4, -0.2) is 45.8 Å². The summed E-state index contributed by atoms with van der Waals surface area (Å²) in [7, 11) is 0. The fraction of sp³-hybridized carbons (Fsp3) is 0.500. The molecule has 0 radical (unpaired) electrons. The molecule has 0 unspecified atom stereocenters. The number of halogens is 1. The van der Waals surface area contributed by atoms with E-state index in [2.05, 4.69) is 52.3 Å². The molecule has 0 saturated heterocycles. The third-order valence-corrected chi connectivity index (χ3v) is 9.14. The van der Waals surface area contributed by atoms with Crippen molar-refractivity contribution < 1.29 is 14.4 Å². The molecule has 1 aromatic heterocycles. The summed E-state index contributed by atoms with van der Waals surface area (Å²) in [6, 6.07) is 17.8. The lowest BCUT2D eigenvalue weighted by atomic mass is 9.85. The Bertz CT molecular complexity index is 1350. The molecule has 1 aliphatic carbocycles. The highest BCUT2D eigenvalue weighted by atomic mass is 127. The van der Waals surface area contributed by atoms with Crippen molar-refractivity contribution >= 4 is 56.9 Å². The number of nitrogens with zero attached hydrogens (tertiary/aromatic N) is 2. The van der Waals surface area contributed by atoms with E-state index in [0.717, 1.165) is 68.1 Å². The molecule has 1 fully saturated rings. The minimum Gasteiger partial charge on any atom is -0.356 e. The number of hydrogen-bond acceptors (Lipinski definition) is 3. The summed E-state index contributed by atoms with van der Waals surface area (Å²) in [6.45, 7) is 5.44. The number of benzene rings is 2. The van der Waals surface area contributed by atoms with E-state index in [9.17, 15) is 14.4 Å². The van der Waals surface area contributed by atoms with E-state index in [4.69, 9.17) is 0 Å². The monoisotopic (exact) mass is 684 g/mol. The molecule has 0 bridgehead atoms. The van der Waals surface area contributed by atoms with Crippen LogP contribution >= 0.6 is 22.6 Å². The smallest absolute Gasteiger partial charge is 0.268 e. The Balaban J connectivity index is 1.38. The maximum absolute atomic E-state index is 13.6. The first-order valence-electron chi connectivity index (χ1n) is 15.6. The molecule has 2 N–H and O–H groups in total. The second-order valence-electron chi connectivity index (χ2n) is 11.3. The normalized spacial score (nSPS) is 16.7. The van der Waals surface area contributed by atoms with Crippen LogP contribution < -0.4 is 15.5 Å². The minimum atomic E-state index is -0.172. The lowest BCUT2D eigenvalue weighted by molar-refractivity contribution is -0.126. The van der Waals surface area contributed by atoms with Gasteiger partial charge in [-0.3, -0.25) is 14.4 Å². The van der Waals surface area contributed by atoms with E-state index in [1.165, 1.54) is 22.8 Å². The summed E-state index contributed by atoms with van der Waals surface area (Å²) in [5, 5.41) is 7.26. The number of anilines is 1. The Labute approximate surface area is 263 Å². The molecular formula is C34H45IN4O3. The van der Waals surface area contributed by atoms with Crippen LogP contribution in [0.2, 0.25) is 0 Å². The van der Waals surface area contributed by atoms with Gasteiger partial charge in [0.1, 0.15) is 12.2 Å². The number of likely N-dealkylation sites (N-methyl/N-ethyl adjacent to an activating group) is 1. The number of carbonyl (C=O) groups excluding carboxylic acids is 3. The maximum atomic E-state index is 13.6. The van der Waals surface area contributed by atoms with Gasteiger partial charge in [0.25, 0.3) is 5.91 Å². The topological polar surface area (TPSA) is 83.4 Å². The summed E-state index contributed by atoms with van der Waals surface area (Å²) < 4.78 is 3.04. The molecule has 0 aliphatic heterocycles. The molecule has 3 amide bonds. The van der Waals surface area contributed by atoms with Crippen molar-refractivity contribution in [3.05, 3.63) is 65.9 Å². The SMILES string of the molecule is CCc1cccc(N(CC)C(=O)Cn2c(C(=O)N[C@H]3CC[C@H](C(=O)NCCCCCCI)CC3)cc3ccccc32)c1. The fourth-order valence-corrected chi connectivity index (χ4v) is 6.46. The first kappa shape index (κ1) is 32.0. The van der Waals surface area contributed by atoms with E-state index < -0.39 is 0 Å². The number of hydrogen-bond donors (Lipinski definition) is 2. The quantitative estimate of drug-likeness (QED) is 0.113. The van der Waals surface area contributed by atoms with Crippen LogP contribution in [0.3, 0.4) is 0 Å².